The fourth-order valence-electron chi connectivity index (χ4n) is 5.62. The Morgan fingerprint density at radius 3 is 1.58 bits per heavy atom. The number of aliphatic hydroxyl groups excluding tert-OH is 13. The maximum absolute atomic E-state index is 11.0. The van der Waals surface area contributed by atoms with Gasteiger partial charge in [-0.25, -0.2) is 0 Å². The van der Waals surface area contributed by atoms with Crippen LogP contribution >= 0.6 is 0 Å². The van der Waals surface area contributed by atoms with Crippen molar-refractivity contribution in [1.82, 2.24) is 0 Å². The lowest BCUT2D eigenvalue weighted by Gasteiger charge is -2.50. The summed E-state index contributed by atoms with van der Waals surface area (Å²) in [6.45, 7) is 1.83. The molecule has 0 aromatic rings. The summed E-state index contributed by atoms with van der Waals surface area (Å²) < 4.78 is 33.2. The van der Waals surface area contributed by atoms with Gasteiger partial charge in [-0.1, -0.05) is 0 Å². The molecule has 0 bridgehead atoms. The number of aliphatic hydroxyl groups is 13. The Morgan fingerprint density at radius 2 is 1.00 bits per heavy atom. The third-order valence-corrected chi connectivity index (χ3v) is 8.37. The number of hydrogen-bond acceptors (Lipinski definition) is 19. The monoisotopic (exact) mass is 634 g/mol. The molecule has 19 nitrogen and oxygen atoms in total. The van der Waals surface area contributed by atoms with Crippen molar-refractivity contribution < 1.29 is 94.8 Å². The van der Waals surface area contributed by atoms with E-state index in [1.165, 1.54) is 13.8 Å². The molecule has 0 aromatic heterocycles. The van der Waals surface area contributed by atoms with E-state index in [9.17, 15) is 66.4 Å². The molecule has 13 N–H and O–H groups in total. The average molecular weight is 635 g/mol. The first kappa shape index (κ1) is 35.1. The van der Waals surface area contributed by atoms with Gasteiger partial charge in [0.2, 0.25) is 0 Å². The highest BCUT2D eigenvalue weighted by Gasteiger charge is 2.57. The van der Waals surface area contributed by atoms with E-state index in [1.54, 1.807) is 0 Å². The lowest BCUT2D eigenvalue weighted by molar-refractivity contribution is -0.381. The summed E-state index contributed by atoms with van der Waals surface area (Å²) in [5.74, 6) is 0. The first-order valence-corrected chi connectivity index (χ1v) is 13.8. The summed E-state index contributed by atoms with van der Waals surface area (Å²) in [6.07, 6.45) is -37.2. The molecular weight excluding hydrogens is 592 g/mol. The van der Waals surface area contributed by atoms with Gasteiger partial charge in [-0.3, -0.25) is 0 Å². The van der Waals surface area contributed by atoms with E-state index in [-0.39, 0.29) is 0 Å². The van der Waals surface area contributed by atoms with Gasteiger partial charge in [0.25, 0.3) is 0 Å². The molecule has 0 aromatic carbocycles. The highest BCUT2D eigenvalue weighted by molar-refractivity contribution is 5.03. The molecule has 43 heavy (non-hydrogen) atoms. The van der Waals surface area contributed by atoms with E-state index in [0.717, 1.165) is 0 Å². The normalized spacial score (nSPS) is 55.6. The van der Waals surface area contributed by atoms with Crippen LogP contribution in [0, 0.1) is 0 Å². The van der Waals surface area contributed by atoms with Crippen molar-refractivity contribution in [2.24, 2.45) is 0 Å². The summed E-state index contributed by atoms with van der Waals surface area (Å²) in [4.78, 5) is 0. The Morgan fingerprint density at radius 1 is 0.512 bits per heavy atom. The predicted octanol–water partition coefficient (Wildman–Crippen LogP) is -8.31. The molecule has 0 radical (unpaired) electrons. The summed E-state index contributed by atoms with van der Waals surface area (Å²) in [6, 6.07) is 0. The molecule has 0 spiro atoms. The molecule has 4 aliphatic heterocycles. The Hall–Kier alpha value is -0.760. The number of ether oxygens (including phenoxy) is 6. The molecule has 4 heterocycles. The van der Waals surface area contributed by atoms with Crippen molar-refractivity contribution in [2.45, 2.75) is 143 Å². The van der Waals surface area contributed by atoms with Crippen LogP contribution in [0.3, 0.4) is 0 Å². The van der Waals surface area contributed by atoms with Gasteiger partial charge in [-0.15, -0.1) is 0 Å². The van der Waals surface area contributed by atoms with Crippen LogP contribution in [0.2, 0.25) is 0 Å². The predicted molar refractivity (Wildman–Crippen MR) is 131 cm³/mol. The zero-order valence-electron chi connectivity index (χ0n) is 23.1. The summed E-state index contributed by atoms with van der Waals surface area (Å²) >= 11 is 0. The van der Waals surface area contributed by atoms with Crippen LogP contribution in [-0.2, 0) is 28.4 Å². The smallest absolute Gasteiger partial charge is 0.187 e. The molecule has 4 rings (SSSR count). The van der Waals surface area contributed by atoms with Gasteiger partial charge in [-0.05, 0) is 13.8 Å². The van der Waals surface area contributed by atoms with E-state index in [0.29, 0.717) is 0 Å². The second kappa shape index (κ2) is 13.9. The highest BCUT2D eigenvalue weighted by atomic mass is 16.8. The summed E-state index contributed by atoms with van der Waals surface area (Å²) in [5, 5.41) is 135. The minimum Gasteiger partial charge on any atom is -0.394 e. The minimum atomic E-state index is -2.10. The van der Waals surface area contributed by atoms with Crippen LogP contribution < -0.4 is 0 Å². The molecule has 0 aliphatic carbocycles. The van der Waals surface area contributed by atoms with Crippen molar-refractivity contribution in [1.29, 1.82) is 0 Å². The highest BCUT2D eigenvalue weighted by Crippen LogP contribution is 2.36. The molecule has 21 atom stereocenters. The van der Waals surface area contributed by atoms with Crippen molar-refractivity contribution in [3.8, 4) is 0 Å². The fourth-order valence-corrected chi connectivity index (χ4v) is 5.62. The third-order valence-electron chi connectivity index (χ3n) is 8.37. The van der Waals surface area contributed by atoms with Gasteiger partial charge in [0.05, 0.1) is 18.8 Å². The molecular formula is C24H42O19. The largest absolute Gasteiger partial charge is 0.394 e. The average Bonchev–Trinajstić information content (AvgIpc) is 2.98. The zero-order valence-corrected chi connectivity index (χ0v) is 23.1. The molecule has 252 valence electrons. The van der Waals surface area contributed by atoms with Gasteiger partial charge in [0.1, 0.15) is 97.7 Å². The standard InChI is InChI=1S/C24H42O19/c1-4-7(26)9(28)12(31)19(38-4)21(43-23-16(35)10(29)8(27)5(2)39-23)20-13(32)11(30)17(36)24(42-20)41-18-6(3-25)40-22(37)15(34)14(18)33/h4-37H,3H2,1-2H3/t4-,5-,6-,7+,8+,9+,10+,11+,12-,13-,14-,15-,16-,17-,18-,19?,20+,21?,22+,23?,24-/m1/s1. The lowest BCUT2D eigenvalue weighted by Crippen LogP contribution is -2.70. The summed E-state index contributed by atoms with van der Waals surface area (Å²) in [5.41, 5.74) is 0. The topological polar surface area (TPSA) is 318 Å². The van der Waals surface area contributed by atoms with Gasteiger partial charge >= 0.3 is 0 Å². The van der Waals surface area contributed by atoms with Crippen LogP contribution in [0.5, 0.6) is 0 Å². The van der Waals surface area contributed by atoms with Crippen molar-refractivity contribution >= 4 is 0 Å². The third kappa shape index (κ3) is 6.72. The number of rotatable bonds is 7. The maximum atomic E-state index is 11.0. The molecule has 0 saturated carbocycles. The van der Waals surface area contributed by atoms with E-state index < -0.39 is 135 Å². The van der Waals surface area contributed by atoms with E-state index in [1.807, 2.05) is 0 Å². The van der Waals surface area contributed by atoms with Crippen molar-refractivity contribution in [2.75, 3.05) is 6.61 Å². The molecule has 4 fully saturated rings. The second-order valence-electron chi connectivity index (χ2n) is 11.3. The Kier molecular flexibility index (Phi) is 11.4. The molecule has 0 amide bonds. The Bertz CT molecular complexity index is 899. The minimum absolute atomic E-state index is 0.849. The zero-order chi connectivity index (χ0) is 32.1. The molecule has 4 aliphatic rings. The van der Waals surface area contributed by atoms with E-state index in [4.69, 9.17) is 28.4 Å². The Labute approximate surface area is 244 Å². The maximum Gasteiger partial charge on any atom is 0.187 e. The molecule has 19 heteroatoms. The van der Waals surface area contributed by atoms with Gasteiger partial charge in [0, 0.05) is 0 Å². The van der Waals surface area contributed by atoms with Crippen LogP contribution in [0.4, 0.5) is 0 Å². The van der Waals surface area contributed by atoms with Crippen LogP contribution in [0.15, 0.2) is 0 Å². The summed E-state index contributed by atoms with van der Waals surface area (Å²) in [7, 11) is 0. The van der Waals surface area contributed by atoms with Crippen LogP contribution in [-0.4, -0.2) is 202 Å². The van der Waals surface area contributed by atoms with Crippen molar-refractivity contribution in [3.05, 3.63) is 0 Å². The van der Waals surface area contributed by atoms with E-state index >= 15 is 0 Å². The first-order chi connectivity index (χ1) is 20.1. The van der Waals surface area contributed by atoms with Gasteiger partial charge in [0.15, 0.2) is 18.9 Å². The van der Waals surface area contributed by atoms with Crippen molar-refractivity contribution in [3.63, 3.8) is 0 Å². The quantitative estimate of drug-likeness (QED) is 0.124. The molecule has 3 unspecified atom stereocenters. The lowest BCUT2D eigenvalue weighted by atomic mass is 9.86. The first-order valence-electron chi connectivity index (χ1n) is 13.8. The molecule has 4 saturated heterocycles. The SMILES string of the molecule is C[C@H]1OC(OC(C2O[C@H](C)[C@H](O)[C@H](O)[C@H]2O)[C@H]2O[C@@H](O[C@H]3[C@H](O)[C@@H](O)[C@@H](O)O[C@@H]3CO)[C@H](O)[C@@H](O)[C@H]2O)[C@H](O)[C@@H](O)[C@H]1O. The van der Waals surface area contributed by atoms with E-state index in [2.05, 4.69) is 0 Å². The Balaban J connectivity index is 1.66. The fraction of sp³-hybridized carbons (Fsp3) is 1.00. The van der Waals surface area contributed by atoms with Crippen LogP contribution in [0.25, 0.3) is 0 Å². The van der Waals surface area contributed by atoms with Gasteiger partial charge in [-0.2, -0.15) is 0 Å². The van der Waals surface area contributed by atoms with Crippen LogP contribution in [0.1, 0.15) is 13.8 Å². The van der Waals surface area contributed by atoms with Gasteiger partial charge < -0.3 is 94.8 Å². The second-order valence-corrected chi connectivity index (χ2v) is 11.3. The number of hydrogen-bond donors (Lipinski definition) is 13.